The molecule has 0 saturated heterocycles. The fraction of sp³-hybridized carbons (Fsp3) is 0.870. The molecule has 0 radical (unpaired) electrons. The van der Waals surface area contributed by atoms with Gasteiger partial charge in [-0.05, 0) is 79.6 Å². The Kier molecular flexibility index (Phi) is 9.20. The van der Waals surface area contributed by atoms with E-state index >= 15 is 0 Å². The number of aliphatic carboxylic acids is 1. The van der Waals surface area contributed by atoms with Crippen molar-refractivity contribution >= 4 is 17.9 Å². The van der Waals surface area contributed by atoms with E-state index in [1.54, 1.807) is 13.8 Å². The van der Waals surface area contributed by atoms with Gasteiger partial charge in [-0.3, -0.25) is 14.4 Å². The number of carbonyl (C=O) groups is 3. The number of hydrogen-bond acceptors (Lipinski definition) is 5. The lowest BCUT2D eigenvalue weighted by Crippen LogP contribution is -2.46. The summed E-state index contributed by atoms with van der Waals surface area (Å²) in [5.74, 6) is -2.91. The van der Waals surface area contributed by atoms with Gasteiger partial charge < -0.3 is 14.6 Å². The van der Waals surface area contributed by atoms with E-state index in [-0.39, 0.29) is 25.4 Å². The first-order chi connectivity index (χ1) is 14.5. The Labute approximate surface area is 188 Å². The first-order valence-electron chi connectivity index (χ1n) is 11.2. The molecule has 1 saturated carbocycles. The van der Waals surface area contributed by atoms with Crippen LogP contribution in [0, 0.1) is 16.2 Å². The van der Waals surface area contributed by atoms with Crippen LogP contribution >= 0.6 is 0 Å². The average Bonchev–Trinajstić information content (AvgIpc) is 2.67. The van der Waals surface area contributed by atoms with Crippen molar-refractivity contribution in [2.75, 3.05) is 0 Å². The Balaban J connectivity index is 3.21. The van der Waals surface area contributed by atoms with Gasteiger partial charge in [0.1, 0.15) is 6.10 Å². The van der Waals surface area contributed by atoms with Crippen molar-refractivity contribution in [3.63, 3.8) is 0 Å². The van der Waals surface area contributed by atoms with Crippen LogP contribution in [0.25, 0.3) is 0 Å². The zero-order chi connectivity index (χ0) is 25.0. The summed E-state index contributed by atoms with van der Waals surface area (Å²) < 4.78 is 49.4. The van der Waals surface area contributed by atoms with E-state index in [4.69, 9.17) is 9.47 Å². The molecule has 1 N–H and O–H groups in total. The molecule has 0 heterocycles. The number of carboxylic acid groups (broad SMARTS) is 1. The van der Waals surface area contributed by atoms with E-state index in [1.165, 1.54) is 20.8 Å². The van der Waals surface area contributed by atoms with Crippen LogP contribution in [0.3, 0.4) is 0 Å². The third kappa shape index (κ3) is 7.37. The van der Waals surface area contributed by atoms with Gasteiger partial charge in [0.05, 0.1) is 16.2 Å². The fourth-order valence-electron chi connectivity index (χ4n) is 4.31. The van der Waals surface area contributed by atoms with Gasteiger partial charge in [0.15, 0.2) is 6.10 Å². The summed E-state index contributed by atoms with van der Waals surface area (Å²) in [7, 11) is 0. The Morgan fingerprint density at radius 1 is 0.938 bits per heavy atom. The van der Waals surface area contributed by atoms with Gasteiger partial charge in [-0.1, -0.05) is 13.3 Å². The third-order valence-electron chi connectivity index (χ3n) is 6.53. The molecule has 32 heavy (non-hydrogen) atoms. The summed E-state index contributed by atoms with van der Waals surface area (Å²) >= 11 is 0. The van der Waals surface area contributed by atoms with Gasteiger partial charge in [-0.25, -0.2) is 0 Å². The molecule has 0 amide bonds. The number of esters is 2. The fourth-order valence-corrected chi connectivity index (χ4v) is 4.31. The Morgan fingerprint density at radius 3 is 1.91 bits per heavy atom. The summed E-state index contributed by atoms with van der Waals surface area (Å²) in [6.45, 7) is 8.19. The highest BCUT2D eigenvalue weighted by Crippen LogP contribution is 2.46. The Morgan fingerprint density at radius 2 is 1.47 bits per heavy atom. The summed E-state index contributed by atoms with van der Waals surface area (Å²) in [6.07, 6.45) is -3.08. The lowest BCUT2D eigenvalue weighted by atomic mass is 9.65. The Hall–Kier alpha value is -1.80. The summed E-state index contributed by atoms with van der Waals surface area (Å²) in [4.78, 5) is 37.7. The number of halogens is 3. The van der Waals surface area contributed by atoms with Crippen LogP contribution in [-0.4, -0.2) is 41.4 Å². The number of carboxylic acids is 1. The molecule has 3 atom stereocenters. The Bertz CT molecular complexity index is 684. The second-order valence-corrected chi connectivity index (χ2v) is 10.3. The molecule has 1 aliphatic rings. The third-order valence-corrected chi connectivity index (χ3v) is 6.53. The van der Waals surface area contributed by atoms with Crippen molar-refractivity contribution in [2.24, 2.45) is 16.2 Å². The summed E-state index contributed by atoms with van der Waals surface area (Å²) in [5, 5.41) is 9.55. The van der Waals surface area contributed by atoms with Crippen molar-refractivity contribution in [1.82, 2.24) is 0 Å². The van der Waals surface area contributed by atoms with Crippen molar-refractivity contribution in [3.8, 4) is 0 Å². The minimum atomic E-state index is -4.76. The molecule has 1 fully saturated rings. The second-order valence-electron chi connectivity index (χ2n) is 10.3. The number of ether oxygens (including phenoxy) is 2. The van der Waals surface area contributed by atoms with Crippen LogP contribution in [-0.2, 0) is 23.9 Å². The highest BCUT2D eigenvalue weighted by atomic mass is 19.4. The molecule has 1 rings (SSSR count). The molecule has 0 aliphatic heterocycles. The summed E-state index contributed by atoms with van der Waals surface area (Å²) in [5.41, 5.74) is -4.28. The highest BCUT2D eigenvalue weighted by molar-refractivity contribution is 5.82. The van der Waals surface area contributed by atoms with E-state index in [9.17, 15) is 32.7 Å². The van der Waals surface area contributed by atoms with Crippen LogP contribution in [0.4, 0.5) is 13.2 Å². The van der Waals surface area contributed by atoms with Gasteiger partial charge in [-0.2, -0.15) is 13.2 Å². The normalized spacial score (nSPS) is 20.5. The summed E-state index contributed by atoms with van der Waals surface area (Å²) in [6, 6.07) is 0. The maximum atomic E-state index is 13.1. The zero-order valence-corrected chi connectivity index (χ0v) is 19.9. The second kappa shape index (κ2) is 10.4. The number of rotatable bonds is 10. The molecule has 0 spiro atoms. The number of alkyl halides is 3. The molecule has 0 aromatic carbocycles. The van der Waals surface area contributed by atoms with Crippen LogP contribution in [0.2, 0.25) is 0 Å². The van der Waals surface area contributed by atoms with E-state index < -0.39 is 46.4 Å². The van der Waals surface area contributed by atoms with Crippen molar-refractivity contribution in [3.05, 3.63) is 0 Å². The van der Waals surface area contributed by atoms with Gasteiger partial charge >= 0.3 is 24.1 Å². The van der Waals surface area contributed by atoms with E-state index in [0.29, 0.717) is 0 Å². The highest BCUT2D eigenvalue weighted by Gasteiger charge is 2.51. The van der Waals surface area contributed by atoms with Crippen molar-refractivity contribution in [1.29, 1.82) is 0 Å². The van der Waals surface area contributed by atoms with Crippen LogP contribution in [0.1, 0.15) is 92.9 Å². The molecule has 0 aromatic heterocycles. The number of carbonyl (C=O) groups excluding carboxylic acids is 2. The lowest BCUT2D eigenvalue weighted by molar-refractivity contribution is -0.223. The molecular formula is C23H37F3O6. The quantitative estimate of drug-likeness (QED) is 0.417. The molecular weight excluding hydrogens is 429 g/mol. The topological polar surface area (TPSA) is 89.9 Å². The number of hydrogen-bond donors (Lipinski definition) is 1. The zero-order valence-electron chi connectivity index (χ0n) is 19.9. The van der Waals surface area contributed by atoms with Gasteiger partial charge in [-0.15, -0.1) is 0 Å². The van der Waals surface area contributed by atoms with Crippen LogP contribution in [0.15, 0.2) is 0 Å². The first-order valence-corrected chi connectivity index (χ1v) is 11.2. The smallest absolute Gasteiger partial charge is 0.425 e. The van der Waals surface area contributed by atoms with Crippen LogP contribution < -0.4 is 0 Å². The molecule has 186 valence electrons. The minimum absolute atomic E-state index is 0.192. The predicted octanol–water partition coefficient (Wildman–Crippen LogP) is 5.67. The maximum absolute atomic E-state index is 13.1. The first kappa shape index (κ1) is 28.2. The molecule has 9 heteroatoms. The molecule has 3 unspecified atom stereocenters. The average molecular weight is 467 g/mol. The van der Waals surface area contributed by atoms with Crippen molar-refractivity contribution in [2.45, 2.75) is 111 Å². The minimum Gasteiger partial charge on any atom is -0.481 e. The van der Waals surface area contributed by atoms with E-state index in [1.807, 2.05) is 0 Å². The molecule has 1 aliphatic carbocycles. The lowest BCUT2D eigenvalue weighted by Gasteiger charge is -2.40. The van der Waals surface area contributed by atoms with Gasteiger partial charge in [0, 0.05) is 0 Å². The van der Waals surface area contributed by atoms with Gasteiger partial charge in [0.25, 0.3) is 0 Å². The SMILES string of the molecule is CCC(C)(CC(C)(CC(C)(C)C(=O)O)C(=O)OC(C)C(F)(F)F)C(=O)OC1CCCCC1. The molecule has 6 nitrogen and oxygen atoms in total. The monoisotopic (exact) mass is 466 g/mol. The van der Waals surface area contributed by atoms with Crippen LogP contribution in [0.5, 0.6) is 0 Å². The van der Waals surface area contributed by atoms with E-state index in [0.717, 1.165) is 39.0 Å². The predicted molar refractivity (Wildman–Crippen MR) is 112 cm³/mol. The largest absolute Gasteiger partial charge is 0.481 e. The maximum Gasteiger partial charge on any atom is 0.425 e. The van der Waals surface area contributed by atoms with E-state index in [2.05, 4.69) is 0 Å². The van der Waals surface area contributed by atoms with Gasteiger partial charge in [0.2, 0.25) is 0 Å². The van der Waals surface area contributed by atoms with Crippen molar-refractivity contribution < 1.29 is 42.1 Å². The standard InChI is InChI=1S/C23H37F3O6/c1-7-21(5,18(29)32-16-11-9-8-10-12-16)14-22(6,13-20(3,4)17(27)28)19(30)31-15(2)23(24,25)26/h15-16H,7-14H2,1-6H3,(H,27,28). The molecule has 0 bridgehead atoms. The molecule has 0 aromatic rings.